The summed E-state index contributed by atoms with van der Waals surface area (Å²) in [6, 6.07) is 11.0. The molecule has 0 aliphatic rings. The van der Waals surface area contributed by atoms with Gasteiger partial charge in [-0.2, -0.15) is 0 Å². The number of non-ortho nitro benzene ring substituents is 1. The average molecular weight is 488 g/mol. The number of aryl methyl sites for hydroxylation is 1. The Balaban J connectivity index is 0.00000338. The highest BCUT2D eigenvalue weighted by molar-refractivity contribution is 14.0. The van der Waals surface area contributed by atoms with Crippen LogP contribution in [0.1, 0.15) is 23.3 Å². The number of unbranched alkanes of at least 4 members (excludes halogenated alkanes) is 1. The minimum Gasteiger partial charge on any atom is -0.356 e. The maximum Gasteiger partial charge on any atom is 0.269 e. The third-order valence-corrected chi connectivity index (χ3v) is 4.74. The van der Waals surface area contributed by atoms with E-state index in [0.717, 1.165) is 50.3 Å². The monoisotopic (exact) mass is 488 g/mol. The molecule has 1 aromatic heterocycles. The fraction of sp³-hybridized carbons (Fsp3) is 0.389. The van der Waals surface area contributed by atoms with E-state index >= 15 is 0 Å². The SMILES string of the molecule is CN=C(NCCCCc1ccc([N+](=O)[O-])cc1)NCCc1cccs1.I. The first kappa shape index (κ1) is 22.4. The van der Waals surface area contributed by atoms with E-state index in [9.17, 15) is 10.1 Å². The van der Waals surface area contributed by atoms with Crippen molar-refractivity contribution in [3.8, 4) is 0 Å². The highest BCUT2D eigenvalue weighted by Crippen LogP contribution is 2.13. The van der Waals surface area contributed by atoms with Crippen molar-refractivity contribution in [1.29, 1.82) is 0 Å². The van der Waals surface area contributed by atoms with Gasteiger partial charge in [0.2, 0.25) is 0 Å². The van der Waals surface area contributed by atoms with Gasteiger partial charge in [-0.3, -0.25) is 15.1 Å². The normalized spacial score (nSPS) is 10.9. The number of hydrogen-bond acceptors (Lipinski definition) is 4. The molecule has 2 N–H and O–H groups in total. The summed E-state index contributed by atoms with van der Waals surface area (Å²) in [6.07, 6.45) is 3.96. The van der Waals surface area contributed by atoms with E-state index in [-0.39, 0.29) is 34.6 Å². The molecule has 0 fully saturated rings. The van der Waals surface area contributed by atoms with Gasteiger partial charge in [-0.05, 0) is 42.7 Å². The maximum atomic E-state index is 10.6. The highest BCUT2D eigenvalue weighted by atomic mass is 127. The lowest BCUT2D eigenvalue weighted by Gasteiger charge is -2.11. The Morgan fingerprint density at radius 1 is 1.12 bits per heavy atom. The molecule has 6 nitrogen and oxygen atoms in total. The molecule has 0 atom stereocenters. The number of halogens is 1. The molecule has 142 valence electrons. The molecule has 0 unspecified atom stereocenters. The third-order valence-electron chi connectivity index (χ3n) is 3.80. The molecule has 0 bridgehead atoms. The Kier molecular flexibility index (Phi) is 10.9. The lowest BCUT2D eigenvalue weighted by Crippen LogP contribution is -2.38. The maximum absolute atomic E-state index is 10.6. The number of rotatable bonds is 9. The minimum atomic E-state index is -0.370. The van der Waals surface area contributed by atoms with Crippen LogP contribution in [-0.2, 0) is 12.8 Å². The predicted octanol–water partition coefficient (Wildman–Crippen LogP) is 4.00. The molecule has 1 aromatic carbocycles. The Hall–Kier alpha value is -1.68. The summed E-state index contributed by atoms with van der Waals surface area (Å²) in [5.74, 6) is 0.826. The van der Waals surface area contributed by atoms with Crippen LogP contribution in [0.2, 0.25) is 0 Å². The molecular weight excluding hydrogens is 463 g/mol. The molecule has 2 aromatic rings. The number of nitrogens with zero attached hydrogens (tertiary/aromatic N) is 2. The van der Waals surface area contributed by atoms with Crippen molar-refractivity contribution in [3.63, 3.8) is 0 Å². The molecule has 8 heteroatoms. The van der Waals surface area contributed by atoms with Crippen molar-refractivity contribution in [2.24, 2.45) is 4.99 Å². The fourth-order valence-corrected chi connectivity index (χ4v) is 3.13. The molecule has 0 saturated carbocycles. The van der Waals surface area contributed by atoms with E-state index in [1.807, 2.05) is 12.1 Å². The van der Waals surface area contributed by atoms with Gasteiger partial charge in [0.25, 0.3) is 5.69 Å². The molecule has 0 radical (unpaired) electrons. The summed E-state index contributed by atoms with van der Waals surface area (Å²) in [5, 5.41) is 19.3. The molecule has 26 heavy (non-hydrogen) atoms. The molecule has 0 aliphatic heterocycles. The van der Waals surface area contributed by atoms with E-state index < -0.39 is 0 Å². The second-order valence-electron chi connectivity index (χ2n) is 5.64. The first-order valence-corrected chi connectivity index (χ1v) is 9.27. The number of hydrogen-bond donors (Lipinski definition) is 2. The van der Waals surface area contributed by atoms with Gasteiger partial charge in [-0.15, -0.1) is 35.3 Å². The third kappa shape index (κ3) is 8.13. The number of thiophene rings is 1. The van der Waals surface area contributed by atoms with Crippen LogP contribution in [-0.4, -0.2) is 31.0 Å². The number of nitrogens with one attached hydrogen (secondary N) is 2. The zero-order valence-electron chi connectivity index (χ0n) is 14.8. The lowest BCUT2D eigenvalue weighted by molar-refractivity contribution is -0.384. The molecule has 0 amide bonds. The van der Waals surface area contributed by atoms with Crippen molar-refractivity contribution in [2.75, 3.05) is 20.1 Å². The van der Waals surface area contributed by atoms with Gasteiger partial charge >= 0.3 is 0 Å². The summed E-state index contributed by atoms with van der Waals surface area (Å²) in [5.41, 5.74) is 1.27. The van der Waals surface area contributed by atoms with Crippen LogP contribution >= 0.6 is 35.3 Å². The van der Waals surface area contributed by atoms with Crippen LogP contribution in [0.25, 0.3) is 0 Å². The van der Waals surface area contributed by atoms with Crippen LogP contribution in [0.3, 0.4) is 0 Å². The van der Waals surface area contributed by atoms with Crippen LogP contribution in [0, 0.1) is 10.1 Å². The van der Waals surface area contributed by atoms with Gasteiger partial charge in [0.05, 0.1) is 4.92 Å². The fourth-order valence-electron chi connectivity index (χ4n) is 2.42. The average Bonchev–Trinajstić information content (AvgIpc) is 3.13. The Morgan fingerprint density at radius 3 is 2.46 bits per heavy atom. The Bertz CT molecular complexity index is 675. The Morgan fingerprint density at radius 2 is 1.85 bits per heavy atom. The van der Waals surface area contributed by atoms with Crippen molar-refractivity contribution in [1.82, 2.24) is 10.6 Å². The van der Waals surface area contributed by atoms with Crippen molar-refractivity contribution >= 4 is 47.0 Å². The smallest absolute Gasteiger partial charge is 0.269 e. The van der Waals surface area contributed by atoms with Gasteiger partial charge in [0, 0.05) is 37.1 Å². The molecular formula is C18H25IN4O2S. The molecule has 0 spiro atoms. The van der Waals surface area contributed by atoms with Crippen molar-refractivity contribution in [3.05, 3.63) is 62.3 Å². The van der Waals surface area contributed by atoms with Crippen LogP contribution < -0.4 is 10.6 Å². The zero-order valence-corrected chi connectivity index (χ0v) is 18.0. The summed E-state index contributed by atoms with van der Waals surface area (Å²) in [7, 11) is 1.78. The number of nitro benzene ring substituents is 1. The Labute approximate surface area is 175 Å². The highest BCUT2D eigenvalue weighted by Gasteiger charge is 2.04. The van der Waals surface area contributed by atoms with E-state index in [1.54, 1.807) is 30.5 Å². The second kappa shape index (κ2) is 12.6. The summed E-state index contributed by atoms with van der Waals surface area (Å²) < 4.78 is 0. The topological polar surface area (TPSA) is 79.6 Å². The van der Waals surface area contributed by atoms with E-state index in [4.69, 9.17) is 0 Å². The molecule has 0 saturated heterocycles. The van der Waals surface area contributed by atoms with Crippen molar-refractivity contribution in [2.45, 2.75) is 25.7 Å². The van der Waals surface area contributed by atoms with E-state index in [1.165, 1.54) is 4.88 Å². The lowest BCUT2D eigenvalue weighted by atomic mass is 10.1. The zero-order chi connectivity index (χ0) is 17.9. The van der Waals surface area contributed by atoms with Gasteiger partial charge < -0.3 is 10.6 Å². The second-order valence-corrected chi connectivity index (χ2v) is 6.67. The summed E-state index contributed by atoms with van der Waals surface area (Å²) in [6.45, 7) is 1.72. The quantitative estimate of drug-likeness (QED) is 0.140. The predicted molar refractivity (Wildman–Crippen MR) is 119 cm³/mol. The largest absolute Gasteiger partial charge is 0.356 e. The van der Waals surface area contributed by atoms with E-state index in [2.05, 4.69) is 33.1 Å². The van der Waals surface area contributed by atoms with Gasteiger partial charge in [-0.1, -0.05) is 18.2 Å². The number of nitro groups is 1. The first-order chi connectivity index (χ1) is 12.2. The summed E-state index contributed by atoms with van der Waals surface area (Å²) in [4.78, 5) is 15.8. The number of aliphatic imine (C=N–C) groups is 1. The summed E-state index contributed by atoms with van der Waals surface area (Å²) >= 11 is 1.77. The van der Waals surface area contributed by atoms with Gasteiger partial charge in [-0.25, -0.2) is 0 Å². The molecule has 1 heterocycles. The van der Waals surface area contributed by atoms with Crippen LogP contribution in [0.5, 0.6) is 0 Å². The molecule has 2 rings (SSSR count). The van der Waals surface area contributed by atoms with Crippen LogP contribution in [0.4, 0.5) is 5.69 Å². The van der Waals surface area contributed by atoms with Gasteiger partial charge in [0.15, 0.2) is 5.96 Å². The van der Waals surface area contributed by atoms with Gasteiger partial charge in [0.1, 0.15) is 0 Å². The minimum absolute atomic E-state index is 0. The number of benzene rings is 1. The van der Waals surface area contributed by atoms with Crippen LogP contribution in [0.15, 0.2) is 46.8 Å². The number of guanidine groups is 1. The van der Waals surface area contributed by atoms with E-state index in [0.29, 0.717) is 0 Å². The first-order valence-electron chi connectivity index (χ1n) is 8.39. The molecule has 0 aliphatic carbocycles. The standard InChI is InChI=1S/C18H24N4O2S.HI/c1-19-18(21-13-11-17-6-4-14-25-17)20-12-3-2-5-15-7-9-16(10-8-15)22(23)24;/h4,6-10,14H,2-3,5,11-13H2,1H3,(H2,19,20,21);1H. The van der Waals surface area contributed by atoms with Crippen molar-refractivity contribution < 1.29 is 4.92 Å².